The number of sulfonamides is 1. The van der Waals surface area contributed by atoms with Crippen molar-refractivity contribution in [3.63, 3.8) is 0 Å². The number of rotatable bonds is 6. The van der Waals surface area contributed by atoms with Gasteiger partial charge in [-0.05, 0) is 43.2 Å². The summed E-state index contributed by atoms with van der Waals surface area (Å²) in [7, 11) is -2.01. The maximum atomic E-state index is 12.8. The number of benzene rings is 1. The molecule has 4 rings (SSSR count). The van der Waals surface area contributed by atoms with Crippen molar-refractivity contribution in [3.8, 4) is 17.2 Å². The van der Waals surface area contributed by atoms with Crippen LogP contribution in [0, 0.1) is 0 Å². The van der Waals surface area contributed by atoms with Crippen LogP contribution in [0.4, 0.5) is 0 Å². The molecule has 1 aromatic carbocycles. The molecule has 0 N–H and O–H groups in total. The molecule has 2 aromatic heterocycles. The first-order valence-corrected chi connectivity index (χ1v) is 10.7. The molecule has 1 aliphatic heterocycles. The number of hydrogen-bond acceptors (Lipinski definition) is 6. The number of aromatic nitrogens is 2. The van der Waals surface area contributed by atoms with Crippen molar-refractivity contribution in [2.45, 2.75) is 24.3 Å². The zero-order valence-corrected chi connectivity index (χ0v) is 16.8. The van der Waals surface area contributed by atoms with Crippen LogP contribution in [-0.2, 0) is 16.6 Å². The molecule has 0 unspecified atom stereocenters. The minimum Gasteiger partial charge on any atom is -0.497 e. The van der Waals surface area contributed by atoms with Gasteiger partial charge < -0.3 is 13.7 Å². The Morgan fingerprint density at radius 3 is 2.52 bits per heavy atom. The zero-order valence-electron chi connectivity index (χ0n) is 15.9. The van der Waals surface area contributed by atoms with Crippen LogP contribution >= 0.6 is 0 Å². The molecule has 0 atom stereocenters. The van der Waals surface area contributed by atoms with Gasteiger partial charge in [0, 0.05) is 30.9 Å². The third-order valence-corrected chi connectivity index (χ3v) is 6.76. The highest BCUT2D eigenvalue weighted by Crippen LogP contribution is 2.23. The van der Waals surface area contributed by atoms with Crippen LogP contribution in [0.2, 0.25) is 0 Å². The lowest BCUT2D eigenvalue weighted by molar-refractivity contribution is 0.415. The SMILES string of the molecule is COc1ccc(-c2nc(Cn3cc(S(=O)(=O)N4CCCC4)ccc3=O)co2)cc1. The van der Waals surface area contributed by atoms with Gasteiger partial charge in [0.05, 0.1) is 24.2 Å². The Bertz CT molecular complexity index is 1160. The van der Waals surface area contributed by atoms with Gasteiger partial charge in [-0.2, -0.15) is 4.31 Å². The average Bonchev–Trinajstić information content (AvgIpc) is 3.42. The molecule has 1 aliphatic rings. The van der Waals surface area contributed by atoms with Crippen LogP contribution in [0.5, 0.6) is 5.75 Å². The van der Waals surface area contributed by atoms with E-state index in [-0.39, 0.29) is 17.0 Å². The van der Waals surface area contributed by atoms with E-state index in [4.69, 9.17) is 9.15 Å². The number of nitrogens with zero attached hydrogens (tertiary/aromatic N) is 3. The van der Waals surface area contributed by atoms with Gasteiger partial charge in [-0.15, -0.1) is 0 Å². The quantitative estimate of drug-likeness (QED) is 0.613. The van der Waals surface area contributed by atoms with Crippen molar-refractivity contribution < 1.29 is 17.6 Å². The van der Waals surface area contributed by atoms with Gasteiger partial charge in [0.2, 0.25) is 15.9 Å². The summed E-state index contributed by atoms with van der Waals surface area (Å²) in [6, 6.07) is 9.88. The molecule has 0 radical (unpaired) electrons. The van der Waals surface area contributed by atoms with Crippen LogP contribution in [0.1, 0.15) is 18.5 Å². The molecule has 8 nitrogen and oxygen atoms in total. The molecule has 152 valence electrons. The second-order valence-electron chi connectivity index (χ2n) is 6.81. The summed E-state index contributed by atoms with van der Waals surface area (Å²) in [5, 5.41) is 0. The summed E-state index contributed by atoms with van der Waals surface area (Å²) in [6.07, 6.45) is 4.54. The van der Waals surface area contributed by atoms with Gasteiger partial charge in [-0.3, -0.25) is 4.79 Å². The van der Waals surface area contributed by atoms with Gasteiger partial charge in [-0.25, -0.2) is 13.4 Å². The van der Waals surface area contributed by atoms with Crippen LogP contribution in [-0.4, -0.2) is 42.5 Å². The maximum absolute atomic E-state index is 12.8. The molecule has 0 saturated carbocycles. The lowest BCUT2D eigenvalue weighted by Crippen LogP contribution is -2.29. The van der Waals surface area contributed by atoms with Gasteiger partial charge >= 0.3 is 0 Å². The Kier molecular flexibility index (Phi) is 5.25. The smallest absolute Gasteiger partial charge is 0.250 e. The molecule has 9 heteroatoms. The number of methoxy groups -OCH3 is 1. The molecule has 0 spiro atoms. The standard InChI is InChI=1S/C20H21N3O5S/c1-27-17-6-4-15(5-7-17)20-21-16(14-28-20)12-22-13-18(8-9-19(22)24)29(25,26)23-10-2-3-11-23/h4-9,13-14H,2-3,10-12H2,1H3. The Morgan fingerprint density at radius 2 is 1.83 bits per heavy atom. The fourth-order valence-electron chi connectivity index (χ4n) is 3.28. The normalized spacial score (nSPS) is 14.9. The Morgan fingerprint density at radius 1 is 1.10 bits per heavy atom. The predicted molar refractivity (Wildman–Crippen MR) is 106 cm³/mol. The van der Waals surface area contributed by atoms with Crippen molar-refractivity contribution >= 4 is 10.0 Å². The van der Waals surface area contributed by atoms with Crippen LogP contribution < -0.4 is 10.3 Å². The minimum absolute atomic E-state index is 0.109. The Labute approximate surface area is 168 Å². The van der Waals surface area contributed by atoms with E-state index in [2.05, 4.69) is 4.98 Å². The Balaban J connectivity index is 1.58. The van der Waals surface area contributed by atoms with Crippen LogP contribution in [0.15, 0.2) is 63.0 Å². The summed E-state index contributed by atoms with van der Waals surface area (Å²) in [4.78, 5) is 16.8. The summed E-state index contributed by atoms with van der Waals surface area (Å²) in [5.74, 6) is 1.14. The highest BCUT2D eigenvalue weighted by Gasteiger charge is 2.27. The van der Waals surface area contributed by atoms with E-state index >= 15 is 0 Å². The summed E-state index contributed by atoms with van der Waals surface area (Å²) in [5.41, 5.74) is 0.989. The highest BCUT2D eigenvalue weighted by atomic mass is 32.2. The fraction of sp³-hybridized carbons (Fsp3) is 0.300. The third-order valence-electron chi connectivity index (χ3n) is 4.88. The summed E-state index contributed by atoms with van der Waals surface area (Å²) >= 11 is 0. The summed E-state index contributed by atoms with van der Waals surface area (Å²) in [6.45, 7) is 1.13. The molecule has 3 heterocycles. The van der Waals surface area contributed by atoms with Crippen molar-refractivity contribution in [3.05, 3.63) is 64.9 Å². The summed E-state index contributed by atoms with van der Waals surface area (Å²) < 4.78 is 39.0. The lowest BCUT2D eigenvalue weighted by Gasteiger charge is -2.16. The van der Waals surface area contributed by atoms with E-state index in [1.165, 1.54) is 33.5 Å². The topological polar surface area (TPSA) is 94.6 Å². The molecule has 3 aromatic rings. The molecule has 1 fully saturated rings. The van der Waals surface area contributed by atoms with E-state index in [1.54, 1.807) is 19.2 Å². The number of oxazole rings is 1. The molecule has 29 heavy (non-hydrogen) atoms. The van der Waals surface area contributed by atoms with Crippen molar-refractivity contribution in [1.82, 2.24) is 13.9 Å². The first-order chi connectivity index (χ1) is 14.0. The molecular formula is C20H21N3O5S. The van der Waals surface area contributed by atoms with E-state index in [0.717, 1.165) is 24.2 Å². The van der Waals surface area contributed by atoms with E-state index in [9.17, 15) is 13.2 Å². The van der Waals surface area contributed by atoms with E-state index in [1.807, 2.05) is 12.1 Å². The fourth-order valence-corrected chi connectivity index (χ4v) is 4.82. The lowest BCUT2D eigenvalue weighted by atomic mass is 10.2. The van der Waals surface area contributed by atoms with Gasteiger partial charge in [0.25, 0.3) is 5.56 Å². The van der Waals surface area contributed by atoms with Crippen molar-refractivity contribution in [1.29, 1.82) is 0 Å². The van der Waals surface area contributed by atoms with E-state index in [0.29, 0.717) is 24.7 Å². The third kappa shape index (κ3) is 3.96. The first-order valence-electron chi connectivity index (χ1n) is 9.27. The van der Waals surface area contributed by atoms with Crippen molar-refractivity contribution in [2.24, 2.45) is 0 Å². The molecule has 0 bridgehead atoms. The minimum atomic E-state index is -3.60. The van der Waals surface area contributed by atoms with Gasteiger partial charge in [0.15, 0.2) is 0 Å². The van der Waals surface area contributed by atoms with E-state index < -0.39 is 10.0 Å². The number of ether oxygens (including phenoxy) is 1. The van der Waals surface area contributed by atoms with Crippen LogP contribution in [0.25, 0.3) is 11.5 Å². The Hall–Kier alpha value is -2.91. The molecule has 0 amide bonds. The average molecular weight is 415 g/mol. The predicted octanol–water partition coefficient (Wildman–Crippen LogP) is 2.34. The highest BCUT2D eigenvalue weighted by molar-refractivity contribution is 7.89. The van der Waals surface area contributed by atoms with Gasteiger partial charge in [-0.1, -0.05) is 0 Å². The molecule has 1 saturated heterocycles. The van der Waals surface area contributed by atoms with Gasteiger partial charge in [0.1, 0.15) is 12.0 Å². The van der Waals surface area contributed by atoms with Crippen LogP contribution in [0.3, 0.4) is 0 Å². The monoisotopic (exact) mass is 415 g/mol. The first kappa shape index (κ1) is 19.4. The maximum Gasteiger partial charge on any atom is 0.250 e. The second kappa shape index (κ2) is 7.84. The largest absolute Gasteiger partial charge is 0.497 e. The molecular weight excluding hydrogens is 394 g/mol. The zero-order chi connectivity index (χ0) is 20.4. The number of pyridine rings is 1. The molecule has 0 aliphatic carbocycles. The van der Waals surface area contributed by atoms with Crippen molar-refractivity contribution in [2.75, 3.05) is 20.2 Å². The second-order valence-corrected chi connectivity index (χ2v) is 8.75. The number of hydrogen-bond donors (Lipinski definition) is 0.